The molecule has 1 aromatic rings. The lowest BCUT2D eigenvalue weighted by Gasteiger charge is -2.33. The fraction of sp³-hybridized carbons (Fsp3) is 0.300. The van der Waals surface area contributed by atoms with Crippen molar-refractivity contribution in [1.82, 2.24) is 5.32 Å². The Kier molecular flexibility index (Phi) is 2.48. The largest absolute Gasteiger partial charge is 0.485 e. The summed E-state index contributed by atoms with van der Waals surface area (Å²) in [5, 5.41) is 11.3. The lowest BCUT2D eigenvalue weighted by Crippen LogP contribution is -2.47. The van der Waals surface area contributed by atoms with E-state index >= 15 is 0 Å². The maximum atomic E-state index is 12.6. The van der Waals surface area contributed by atoms with Gasteiger partial charge in [-0.25, -0.2) is 0 Å². The molecule has 0 radical (unpaired) electrons. The molecule has 0 atom stereocenters. The number of nitriles is 1. The molecule has 0 amide bonds. The van der Waals surface area contributed by atoms with E-state index in [2.05, 4.69) is 5.32 Å². The van der Waals surface area contributed by atoms with Crippen LogP contribution < -0.4 is 10.2 Å². The molecule has 3 nitrogen and oxygen atoms in total. The first-order valence-corrected chi connectivity index (χ1v) is 4.60. The molecule has 6 heteroatoms. The summed E-state index contributed by atoms with van der Waals surface area (Å²) in [6.45, 7) is 0.0832. The van der Waals surface area contributed by atoms with Gasteiger partial charge in [-0.05, 0) is 23.8 Å². The maximum Gasteiger partial charge on any atom is 0.485 e. The van der Waals surface area contributed by atoms with Gasteiger partial charge in [-0.1, -0.05) is 0 Å². The molecule has 0 saturated heterocycles. The quantitative estimate of drug-likeness (QED) is 0.688. The smallest absolute Gasteiger partial charge is 0.295 e. The lowest BCUT2D eigenvalue weighted by atomic mass is 10.1. The van der Waals surface area contributed by atoms with Crippen LogP contribution in [0.1, 0.15) is 11.1 Å². The zero-order valence-corrected chi connectivity index (χ0v) is 8.17. The molecule has 0 aromatic heterocycles. The highest BCUT2D eigenvalue weighted by Crippen LogP contribution is 2.33. The Morgan fingerprint density at radius 3 is 2.75 bits per heavy atom. The third-order valence-electron chi connectivity index (χ3n) is 2.39. The van der Waals surface area contributed by atoms with Crippen LogP contribution in [0, 0.1) is 11.3 Å². The van der Waals surface area contributed by atoms with Crippen LogP contribution in [0.2, 0.25) is 0 Å². The molecular formula is C10H8F3N3. The average molecular weight is 227 g/mol. The Morgan fingerprint density at radius 2 is 2.12 bits per heavy atom. The number of hydrogen-bond donors (Lipinski definition) is 1. The first kappa shape index (κ1) is 10.8. The highest BCUT2D eigenvalue weighted by Gasteiger charge is 2.39. The molecular weight excluding hydrogens is 219 g/mol. The van der Waals surface area contributed by atoms with Crippen molar-refractivity contribution in [3.8, 4) is 6.07 Å². The molecule has 1 aliphatic rings. The number of rotatable bonds is 0. The molecule has 0 spiro atoms. The summed E-state index contributed by atoms with van der Waals surface area (Å²) < 4.78 is 37.9. The number of nitrogens with zero attached hydrogens (tertiary/aromatic N) is 2. The molecule has 0 fully saturated rings. The zero-order chi connectivity index (χ0) is 11.8. The van der Waals surface area contributed by atoms with Gasteiger partial charge in [0, 0.05) is 6.54 Å². The standard InChI is InChI=1S/C10H8F3N3/c11-10(12,13)16-6-15-5-8-3-7(4-14)1-2-9(8)16/h1-3,15H,5-6H2. The summed E-state index contributed by atoms with van der Waals surface area (Å²) in [7, 11) is 0. The molecule has 16 heavy (non-hydrogen) atoms. The van der Waals surface area contributed by atoms with Crippen LogP contribution >= 0.6 is 0 Å². The van der Waals surface area contributed by atoms with Gasteiger partial charge in [0.15, 0.2) is 0 Å². The van der Waals surface area contributed by atoms with Crippen molar-refractivity contribution >= 4 is 5.69 Å². The van der Waals surface area contributed by atoms with Crippen molar-refractivity contribution in [3.63, 3.8) is 0 Å². The summed E-state index contributed by atoms with van der Waals surface area (Å²) in [6.07, 6.45) is -4.41. The second kappa shape index (κ2) is 3.68. The van der Waals surface area contributed by atoms with Gasteiger partial charge < -0.3 is 0 Å². The van der Waals surface area contributed by atoms with Crippen molar-refractivity contribution in [3.05, 3.63) is 29.3 Å². The van der Waals surface area contributed by atoms with E-state index in [0.29, 0.717) is 22.6 Å². The van der Waals surface area contributed by atoms with Crippen molar-refractivity contribution in [2.75, 3.05) is 11.6 Å². The first-order valence-electron chi connectivity index (χ1n) is 4.60. The van der Waals surface area contributed by atoms with Crippen molar-refractivity contribution in [2.45, 2.75) is 12.8 Å². The SMILES string of the molecule is N#Cc1ccc2c(c1)CNCN2C(F)(F)F. The molecule has 1 N–H and O–H groups in total. The summed E-state index contributed by atoms with van der Waals surface area (Å²) in [5.74, 6) is 0. The van der Waals surface area contributed by atoms with Crippen LogP contribution in [0.4, 0.5) is 18.9 Å². The predicted molar refractivity (Wildman–Crippen MR) is 51.4 cm³/mol. The fourth-order valence-corrected chi connectivity index (χ4v) is 1.67. The van der Waals surface area contributed by atoms with Crippen LogP contribution in [0.5, 0.6) is 0 Å². The number of nitrogens with one attached hydrogen (secondary N) is 1. The number of alkyl halides is 3. The lowest BCUT2D eigenvalue weighted by molar-refractivity contribution is -0.131. The Labute approximate surface area is 90.1 Å². The van der Waals surface area contributed by atoms with Gasteiger partial charge in [-0.3, -0.25) is 10.2 Å². The summed E-state index contributed by atoms with van der Waals surface area (Å²) in [6, 6.07) is 6.10. The van der Waals surface area contributed by atoms with Crippen LogP contribution in [-0.2, 0) is 6.54 Å². The van der Waals surface area contributed by atoms with E-state index < -0.39 is 6.30 Å². The third-order valence-corrected chi connectivity index (χ3v) is 2.39. The van der Waals surface area contributed by atoms with E-state index in [1.807, 2.05) is 6.07 Å². The van der Waals surface area contributed by atoms with Gasteiger partial charge in [0.2, 0.25) is 0 Å². The van der Waals surface area contributed by atoms with Crippen LogP contribution in [0.15, 0.2) is 18.2 Å². The molecule has 2 rings (SSSR count). The highest BCUT2D eigenvalue weighted by molar-refractivity contribution is 5.58. The summed E-state index contributed by atoms with van der Waals surface area (Å²) >= 11 is 0. The summed E-state index contributed by atoms with van der Waals surface area (Å²) in [5.41, 5.74) is 0.970. The Hall–Kier alpha value is -1.74. The zero-order valence-electron chi connectivity index (χ0n) is 8.17. The minimum atomic E-state index is -4.41. The Morgan fingerprint density at radius 1 is 1.38 bits per heavy atom. The predicted octanol–water partition coefficient (Wildman–Crippen LogP) is 1.95. The van der Waals surface area contributed by atoms with Gasteiger partial charge in [0.1, 0.15) is 0 Å². The topological polar surface area (TPSA) is 39.1 Å². The first-order chi connectivity index (χ1) is 7.52. The minimum Gasteiger partial charge on any atom is -0.295 e. The monoisotopic (exact) mass is 227 g/mol. The molecule has 1 heterocycles. The third kappa shape index (κ3) is 1.82. The normalized spacial score (nSPS) is 15.5. The van der Waals surface area contributed by atoms with Gasteiger partial charge >= 0.3 is 6.30 Å². The molecule has 0 aliphatic carbocycles. The molecule has 0 bridgehead atoms. The molecule has 84 valence electrons. The molecule has 0 saturated carbocycles. The maximum absolute atomic E-state index is 12.6. The number of hydrogen-bond acceptors (Lipinski definition) is 3. The molecule has 1 aliphatic heterocycles. The number of anilines is 1. The van der Waals surface area contributed by atoms with Gasteiger partial charge in [-0.15, -0.1) is 0 Å². The molecule has 0 unspecified atom stereocenters. The van der Waals surface area contributed by atoms with Crippen molar-refractivity contribution < 1.29 is 13.2 Å². The van der Waals surface area contributed by atoms with Gasteiger partial charge in [-0.2, -0.15) is 18.4 Å². The number of benzene rings is 1. The van der Waals surface area contributed by atoms with E-state index in [1.54, 1.807) is 0 Å². The van der Waals surface area contributed by atoms with Crippen molar-refractivity contribution in [1.29, 1.82) is 5.26 Å². The van der Waals surface area contributed by atoms with E-state index in [4.69, 9.17) is 5.26 Å². The van der Waals surface area contributed by atoms with Crippen LogP contribution in [0.3, 0.4) is 0 Å². The van der Waals surface area contributed by atoms with E-state index in [1.165, 1.54) is 18.2 Å². The van der Waals surface area contributed by atoms with E-state index in [0.717, 1.165) is 0 Å². The summed E-state index contributed by atoms with van der Waals surface area (Å²) in [4.78, 5) is 0.326. The van der Waals surface area contributed by atoms with Crippen LogP contribution in [-0.4, -0.2) is 13.0 Å². The number of fused-ring (bicyclic) bond motifs is 1. The van der Waals surface area contributed by atoms with Crippen molar-refractivity contribution in [2.24, 2.45) is 0 Å². The van der Waals surface area contributed by atoms with E-state index in [9.17, 15) is 13.2 Å². The second-order valence-electron chi connectivity index (χ2n) is 3.44. The Balaban J connectivity index is 2.45. The fourth-order valence-electron chi connectivity index (χ4n) is 1.67. The van der Waals surface area contributed by atoms with E-state index in [-0.39, 0.29) is 12.4 Å². The van der Waals surface area contributed by atoms with Gasteiger partial charge in [0.25, 0.3) is 0 Å². The number of halogens is 3. The molecule has 1 aromatic carbocycles. The second-order valence-corrected chi connectivity index (χ2v) is 3.44. The Bertz CT molecular complexity index is 448. The minimum absolute atomic E-state index is 0.116. The van der Waals surface area contributed by atoms with Crippen LogP contribution in [0.25, 0.3) is 0 Å². The highest BCUT2D eigenvalue weighted by atomic mass is 19.4. The average Bonchev–Trinajstić information content (AvgIpc) is 2.26. The van der Waals surface area contributed by atoms with Gasteiger partial charge in [0.05, 0.1) is 24.0 Å².